The van der Waals surface area contributed by atoms with Gasteiger partial charge in [-0.3, -0.25) is 4.68 Å². The lowest BCUT2D eigenvalue weighted by Crippen LogP contribution is -2.13. The summed E-state index contributed by atoms with van der Waals surface area (Å²) >= 11 is 2.22. The van der Waals surface area contributed by atoms with Gasteiger partial charge in [0, 0.05) is 24.6 Å². The first kappa shape index (κ1) is 10.3. The molecule has 0 atom stereocenters. The molecule has 5 heteroatoms. The van der Waals surface area contributed by atoms with Gasteiger partial charge in [-0.05, 0) is 48.3 Å². The van der Waals surface area contributed by atoms with Gasteiger partial charge in [0.15, 0.2) is 0 Å². The molecule has 0 aliphatic heterocycles. The summed E-state index contributed by atoms with van der Waals surface area (Å²) in [5, 5.41) is 5.39. The predicted molar refractivity (Wildman–Crippen MR) is 69.2 cm³/mol. The van der Waals surface area contributed by atoms with E-state index in [1.165, 1.54) is 25.7 Å². The number of hydrogen-bond acceptors (Lipinski definition) is 2. The van der Waals surface area contributed by atoms with Crippen molar-refractivity contribution in [2.24, 2.45) is 7.05 Å². The highest BCUT2D eigenvalue weighted by Gasteiger charge is 2.53. The minimum Gasteiger partial charge on any atom is -0.318 e. The van der Waals surface area contributed by atoms with Crippen LogP contribution in [0.25, 0.3) is 0 Å². The Balaban J connectivity index is 2.08. The summed E-state index contributed by atoms with van der Waals surface area (Å²) in [4.78, 5) is 0. The maximum Gasteiger partial charge on any atom is 0.134 e. The molecule has 1 aromatic heterocycles. The van der Waals surface area contributed by atoms with Crippen molar-refractivity contribution in [3.05, 3.63) is 9.90 Å². The van der Waals surface area contributed by atoms with Crippen molar-refractivity contribution in [2.45, 2.75) is 37.0 Å². The second kappa shape index (κ2) is 3.33. The van der Waals surface area contributed by atoms with Crippen LogP contribution in [0.5, 0.6) is 0 Å². The molecule has 1 heterocycles. The topological polar surface area (TPSA) is 34.9 Å². The molecule has 2 aliphatic rings. The normalized spacial score (nSPS) is 22.0. The van der Waals surface area contributed by atoms with Gasteiger partial charge in [0.05, 0.1) is 5.30 Å². The third-order valence-electron chi connectivity index (χ3n) is 3.32. The molecule has 2 aliphatic carbocycles. The third kappa shape index (κ3) is 1.60. The fourth-order valence-electron chi connectivity index (χ4n) is 2.29. The Hall–Kier alpha value is 0.170. The predicted octanol–water partition coefficient (Wildman–Crippen LogP) is 2.34. The molecule has 0 aromatic carbocycles. The lowest BCUT2D eigenvalue weighted by atomic mass is 10.7. The van der Waals surface area contributed by atoms with Crippen molar-refractivity contribution in [1.29, 1.82) is 0 Å². The summed E-state index contributed by atoms with van der Waals surface area (Å²) in [6.45, 7) is 0. The zero-order valence-corrected chi connectivity index (χ0v) is 11.7. The van der Waals surface area contributed by atoms with Gasteiger partial charge < -0.3 is 4.57 Å². The number of aromatic nitrogens is 2. The van der Waals surface area contributed by atoms with Gasteiger partial charge in [-0.15, -0.1) is 0 Å². The minimum absolute atomic E-state index is 0.489. The number of rotatable bonds is 3. The van der Waals surface area contributed by atoms with E-state index in [4.69, 9.17) is 0 Å². The van der Waals surface area contributed by atoms with Crippen LogP contribution in [0.4, 0.5) is 0 Å². The van der Waals surface area contributed by atoms with Gasteiger partial charge >= 0.3 is 0 Å². The van der Waals surface area contributed by atoms with Crippen LogP contribution in [0.1, 0.15) is 25.7 Å². The summed E-state index contributed by atoms with van der Waals surface area (Å²) < 4.78 is 15.9. The highest BCUT2D eigenvalue weighted by Crippen LogP contribution is 2.69. The van der Waals surface area contributed by atoms with Crippen LogP contribution in [-0.2, 0) is 11.6 Å². The lowest BCUT2D eigenvalue weighted by Gasteiger charge is -2.15. The molecule has 15 heavy (non-hydrogen) atoms. The zero-order valence-electron chi connectivity index (χ0n) is 8.69. The molecule has 0 saturated heterocycles. The summed E-state index contributed by atoms with van der Waals surface area (Å²) in [5.74, 6) is 0. The molecule has 0 N–H and O–H groups in total. The number of hydrogen-bond donors (Lipinski definition) is 0. The summed E-state index contributed by atoms with van der Waals surface area (Å²) in [6, 6.07) is 0. The largest absolute Gasteiger partial charge is 0.318 e. The van der Waals surface area contributed by atoms with E-state index in [0.29, 0.717) is 11.3 Å². The molecule has 3 nitrogen and oxygen atoms in total. The van der Waals surface area contributed by atoms with E-state index in [0.717, 1.165) is 9.01 Å². The Morgan fingerprint density at radius 3 is 2.27 bits per heavy atom. The number of aryl methyl sites for hydroxylation is 1. The van der Waals surface area contributed by atoms with E-state index < -0.39 is 7.14 Å². The molecule has 82 valence electrons. The molecule has 1 aromatic rings. The first-order chi connectivity index (χ1) is 7.12. The average Bonchev–Trinajstić information content (AvgIpc) is 3.01. The Kier molecular flexibility index (Phi) is 2.29. The van der Waals surface area contributed by atoms with Crippen LogP contribution in [0.15, 0.2) is 6.20 Å². The average molecular weight is 336 g/mol. The van der Waals surface area contributed by atoms with Crippen LogP contribution in [0.3, 0.4) is 0 Å². The zero-order chi connectivity index (χ0) is 10.6. The summed E-state index contributed by atoms with van der Waals surface area (Å²) in [6.07, 6.45) is 6.65. The van der Waals surface area contributed by atoms with E-state index in [-0.39, 0.29) is 0 Å². The van der Waals surface area contributed by atoms with Crippen molar-refractivity contribution < 1.29 is 4.57 Å². The van der Waals surface area contributed by atoms with E-state index in [9.17, 15) is 4.57 Å². The Labute approximate surface area is 103 Å². The standard InChI is InChI=1S/C10H14IN2OP/c1-13-6-9(10(11)12-13)15(14,7-2-3-7)8-4-5-8/h6-8H,2-5H2,1H3. The highest BCUT2D eigenvalue weighted by atomic mass is 127. The molecular formula is C10H14IN2OP. The highest BCUT2D eigenvalue weighted by molar-refractivity contribution is 14.1. The van der Waals surface area contributed by atoms with Crippen molar-refractivity contribution in [1.82, 2.24) is 9.78 Å². The van der Waals surface area contributed by atoms with E-state index in [2.05, 4.69) is 27.7 Å². The Bertz CT molecular complexity index is 432. The summed E-state index contributed by atoms with van der Waals surface area (Å²) in [7, 11) is -0.188. The molecule has 0 amide bonds. The maximum absolute atomic E-state index is 13.1. The fraction of sp³-hybridized carbons (Fsp3) is 0.700. The number of nitrogens with zero attached hydrogens (tertiary/aromatic N) is 2. The quantitative estimate of drug-likeness (QED) is 0.627. The smallest absolute Gasteiger partial charge is 0.134 e. The Morgan fingerprint density at radius 2 is 1.93 bits per heavy atom. The van der Waals surface area contributed by atoms with Crippen LogP contribution in [0.2, 0.25) is 0 Å². The van der Waals surface area contributed by atoms with E-state index in [1.54, 1.807) is 4.68 Å². The van der Waals surface area contributed by atoms with Gasteiger partial charge in [0.1, 0.15) is 10.8 Å². The SMILES string of the molecule is Cn1cc(P(=O)(C2CC2)C2CC2)c(I)n1. The molecule has 0 unspecified atom stereocenters. The molecule has 3 rings (SSSR count). The van der Waals surface area contributed by atoms with Crippen LogP contribution in [-0.4, -0.2) is 21.1 Å². The van der Waals surface area contributed by atoms with E-state index >= 15 is 0 Å². The monoisotopic (exact) mass is 336 g/mol. The molecule has 2 fully saturated rings. The van der Waals surface area contributed by atoms with Gasteiger partial charge in [-0.2, -0.15) is 5.10 Å². The molecular weight excluding hydrogens is 322 g/mol. The van der Waals surface area contributed by atoms with Crippen molar-refractivity contribution in [3.8, 4) is 0 Å². The summed E-state index contributed by atoms with van der Waals surface area (Å²) in [5.41, 5.74) is 0.977. The Morgan fingerprint density at radius 1 is 1.40 bits per heavy atom. The lowest BCUT2D eigenvalue weighted by molar-refractivity contribution is 0.579. The second-order valence-electron chi connectivity index (χ2n) is 4.65. The van der Waals surface area contributed by atoms with Crippen LogP contribution in [0, 0.1) is 3.70 Å². The molecule has 0 bridgehead atoms. The van der Waals surface area contributed by atoms with Gasteiger partial charge in [-0.25, -0.2) is 0 Å². The maximum atomic E-state index is 13.1. The first-order valence-electron chi connectivity index (χ1n) is 5.41. The van der Waals surface area contributed by atoms with Crippen molar-refractivity contribution in [3.63, 3.8) is 0 Å². The van der Waals surface area contributed by atoms with E-state index in [1.807, 2.05) is 13.2 Å². The molecule has 0 radical (unpaired) electrons. The third-order valence-corrected chi connectivity index (χ3v) is 8.83. The number of halogens is 1. The first-order valence-corrected chi connectivity index (χ1v) is 8.34. The van der Waals surface area contributed by atoms with Gasteiger partial charge in [0.2, 0.25) is 0 Å². The molecule has 0 spiro atoms. The van der Waals surface area contributed by atoms with Crippen molar-refractivity contribution >= 4 is 35.0 Å². The van der Waals surface area contributed by atoms with Crippen LogP contribution >= 0.6 is 29.7 Å². The van der Waals surface area contributed by atoms with Crippen molar-refractivity contribution in [2.75, 3.05) is 0 Å². The minimum atomic E-state index is -2.10. The van der Waals surface area contributed by atoms with Gasteiger partial charge in [-0.1, -0.05) is 0 Å². The fourth-order valence-corrected chi connectivity index (χ4v) is 7.80. The van der Waals surface area contributed by atoms with Gasteiger partial charge in [0.25, 0.3) is 0 Å². The van der Waals surface area contributed by atoms with Crippen LogP contribution < -0.4 is 5.30 Å². The molecule has 2 saturated carbocycles. The second-order valence-corrected chi connectivity index (χ2v) is 9.03.